The van der Waals surface area contributed by atoms with Crippen molar-refractivity contribution in [1.82, 2.24) is 5.32 Å². The lowest BCUT2D eigenvalue weighted by Gasteiger charge is -2.12. The van der Waals surface area contributed by atoms with Crippen LogP contribution in [0.15, 0.2) is 22.7 Å². The Bertz CT molecular complexity index is 458. The van der Waals surface area contributed by atoms with Crippen molar-refractivity contribution in [3.8, 4) is 5.75 Å². The van der Waals surface area contributed by atoms with Gasteiger partial charge in [0.05, 0.1) is 25.4 Å². The predicted octanol–water partition coefficient (Wildman–Crippen LogP) is 3.15. The maximum absolute atomic E-state index is 12.1. The van der Waals surface area contributed by atoms with Crippen molar-refractivity contribution in [2.24, 2.45) is 0 Å². The SMILES string of the molecule is COc1cc(Br)ccc1C(=O)NCCOC1CCCC1. The first-order chi connectivity index (χ1) is 9.70. The normalized spacial score (nSPS) is 15.3. The minimum atomic E-state index is -0.135. The lowest BCUT2D eigenvalue weighted by atomic mass is 10.2. The summed E-state index contributed by atoms with van der Waals surface area (Å²) in [4.78, 5) is 12.1. The standard InChI is InChI=1S/C15H20BrNO3/c1-19-14-10-11(16)6-7-13(14)15(18)17-8-9-20-12-4-2-3-5-12/h6-7,10,12H,2-5,8-9H2,1H3,(H,17,18). The zero-order valence-corrected chi connectivity index (χ0v) is 13.2. The fourth-order valence-corrected chi connectivity index (χ4v) is 2.73. The second-order valence-electron chi connectivity index (χ2n) is 4.88. The van der Waals surface area contributed by atoms with E-state index in [1.807, 2.05) is 6.07 Å². The molecule has 0 heterocycles. The highest BCUT2D eigenvalue weighted by atomic mass is 79.9. The number of methoxy groups -OCH3 is 1. The lowest BCUT2D eigenvalue weighted by molar-refractivity contribution is 0.0581. The third kappa shape index (κ3) is 4.21. The Hall–Kier alpha value is -1.07. The summed E-state index contributed by atoms with van der Waals surface area (Å²) in [7, 11) is 1.56. The van der Waals surface area contributed by atoms with Crippen LogP contribution in [0, 0.1) is 0 Å². The smallest absolute Gasteiger partial charge is 0.255 e. The van der Waals surface area contributed by atoms with Crippen LogP contribution in [-0.4, -0.2) is 32.3 Å². The van der Waals surface area contributed by atoms with Crippen LogP contribution in [0.3, 0.4) is 0 Å². The first kappa shape index (κ1) is 15.3. The van der Waals surface area contributed by atoms with E-state index in [1.54, 1.807) is 19.2 Å². The summed E-state index contributed by atoms with van der Waals surface area (Å²) in [5, 5.41) is 2.86. The van der Waals surface area contributed by atoms with Crippen LogP contribution in [-0.2, 0) is 4.74 Å². The molecule has 1 aromatic rings. The number of carbonyl (C=O) groups is 1. The molecule has 20 heavy (non-hydrogen) atoms. The molecule has 5 heteroatoms. The molecule has 1 amide bonds. The van der Waals surface area contributed by atoms with Crippen LogP contribution in [0.1, 0.15) is 36.0 Å². The van der Waals surface area contributed by atoms with E-state index in [1.165, 1.54) is 12.8 Å². The van der Waals surface area contributed by atoms with E-state index in [0.717, 1.165) is 17.3 Å². The van der Waals surface area contributed by atoms with Crippen LogP contribution in [0.25, 0.3) is 0 Å². The predicted molar refractivity (Wildman–Crippen MR) is 81.2 cm³/mol. The molecule has 0 aromatic heterocycles. The third-order valence-electron chi connectivity index (χ3n) is 3.45. The van der Waals surface area contributed by atoms with Crippen molar-refractivity contribution in [3.05, 3.63) is 28.2 Å². The summed E-state index contributed by atoms with van der Waals surface area (Å²) in [6.45, 7) is 1.09. The van der Waals surface area contributed by atoms with Gasteiger partial charge < -0.3 is 14.8 Å². The van der Waals surface area contributed by atoms with Crippen molar-refractivity contribution in [3.63, 3.8) is 0 Å². The van der Waals surface area contributed by atoms with Crippen LogP contribution >= 0.6 is 15.9 Å². The van der Waals surface area contributed by atoms with Crippen molar-refractivity contribution in [1.29, 1.82) is 0 Å². The van der Waals surface area contributed by atoms with E-state index in [2.05, 4.69) is 21.2 Å². The third-order valence-corrected chi connectivity index (χ3v) is 3.94. The largest absolute Gasteiger partial charge is 0.496 e. The van der Waals surface area contributed by atoms with E-state index in [0.29, 0.717) is 30.6 Å². The Morgan fingerprint density at radius 1 is 1.40 bits per heavy atom. The van der Waals surface area contributed by atoms with E-state index in [4.69, 9.17) is 9.47 Å². The summed E-state index contributed by atoms with van der Waals surface area (Å²) in [6, 6.07) is 5.35. The van der Waals surface area contributed by atoms with Gasteiger partial charge in [-0.3, -0.25) is 4.79 Å². The molecule has 1 N–H and O–H groups in total. The summed E-state index contributed by atoms with van der Waals surface area (Å²) >= 11 is 3.36. The number of rotatable bonds is 6. The molecular weight excluding hydrogens is 322 g/mol. The van der Waals surface area contributed by atoms with Crippen molar-refractivity contribution in [2.75, 3.05) is 20.3 Å². The molecule has 0 aliphatic heterocycles. The summed E-state index contributed by atoms with van der Waals surface area (Å²) in [5.74, 6) is 0.429. The van der Waals surface area contributed by atoms with Gasteiger partial charge in [0.2, 0.25) is 0 Å². The number of hydrogen-bond donors (Lipinski definition) is 1. The Kier molecular flexibility index (Phi) is 5.86. The maximum atomic E-state index is 12.1. The fourth-order valence-electron chi connectivity index (χ4n) is 2.39. The second kappa shape index (κ2) is 7.64. The molecule has 0 bridgehead atoms. The van der Waals surface area contributed by atoms with Crippen molar-refractivity contribution < 1.29 is 14.3 Å². The topological polar surface area (TPSA) is 47.6 Å². The minimum Gasteiger partial charge on any atom is -0.496 e. The zero-order chi connectivity index (χ0) is 14.4. The van der Waals surface area contributed by atoms with Gasteiger partial charge in [-0.15, -0.1) is 0 Å². The molecule has 0 unspecified atom stereocenters. The molecule has 110 valence electrons. The summed E-state index contributed by atoms with van der Waals surface area (Å²) in [6.07, 6.45) is 5.19. The number of ether oxygens (including phenoxy) is 2. The van der Waals surface area contributed by atoms with Crippen molar-refractivity contribution >= 4 is 21.8 Å². The first-order valence-corrected chi connectivity index (χ1v) is 7.73. The number of carbonyl (C=O) groups excluding carboxylic acids is 1. The molecule has 2 rings (SSSR count). The highest BCUT2D eigenvalue weighted by Gasteiger charge is 2.15. The first-order valence-electron chi connectivity index (χ1n) is 6.94. The average Bonchev–Trinajstić information content (AvgIpc) is 2.96. The van der Waals surface area contributed by atoms with E-state index in [-0.39, 0.29) is 5.91 Å². The highest BCUT2D eigenvalue weighted by Crippen LogP contribution is 2.23. The zero-order valence-electron chi connectivity index (χ0n) is 11.7. The molecule has 1 aliphatic rings. The quantitative estimate of drug-likeness (QED) is 0.808. The van der Waals surface area contributed by atoms with Gasteiger partial charge in [-0.25, -0.2) is 0 Å². The fraction of sp³-hybridized carbons (Fsp3) is 0.533. The molecule has 0 atom stereocenters. The number of hydrogen-bond acceptors (Lipinski definition) is 3. The van der Waals surface area contributed by atoms with E-state index >= 15 is 0 Å². The lowest BCUT2D eigenvalue weighted by Crippen LogP contribution is -2.28. The highest BCUT2D eigenvalue weighted by molar-refractivity contribution is 9.10. The van der Waals surface area contributed by atoms with Crippen LogP contribution in [0.2, 0.25) is 0 Å². The number of amides is 1. The maximum Gasteiger partial charge on any atom is 0.255 e. The average molecular weight is 342 g/mol. The molecule has 1 fully saturated rings. The van der Waals surface area contributed by atoms with E-state index < -0.39 is 0 Å². The molecule has 0 radical (unpaired) electrons. The minimum absolute atomic E-state index is 0.135. The van der Waals surface area contributed by atoms with Gasteiger partial charge in [0.1, 0.15) is 5.75 Å². The molecule has 0 saturated heterocycles. The van der Waals surface area contributed by atoms with Crippen LogP contribution in [0.4, 0.5) is 0 Å². The van der Waals surface area contributed by atoms with Gasteiger partial charge >= 0.3 is 0 Å². The Labute approximate surface area is 128 Å². The monoisotopic (exact) mass is 341 g/mol. The van der Waals surface area contributed by atoms with Gasteiger partial charge in [-0.1, -0.05) is 28.8 Å². The number of benzene rings is 1. The number of nitrogens with one attached hydrogen (secondary N) is 1. The van der Waals surface area contributed by atoms with Crippen LogP contribution < -0.4 is 10.1 Å². The molecule has 0 spiro atoms. The Morgan fingerprint density at radius 3 is 2.85 bits per heavy atom. The second-order valence-corrected chi connectivity index (χ2v) is 5.79. The molecule has 1 saturated carbocycles. The molecule has 1 aliphatic carbocycles. The van der Waals surface area contributed by atoms with Gasteiger partial charge in [-0.2, -0.15) is 0 Å². The van der Waals surface area contributed by atoms with Crippen LogP contribution in [0.5, 0.6) is 5.75 Å². The molecular formula is C15H20BrNO3. The summed E-state index contributed by atoms with van der Waals surface area (Å²) < 4.78 is 11.8. The van der Waals surface area contributed by atoms with Gasteiger partial charge in [0.15, 0.2) is 0 Å². The summed E-state index contributed by atoms with van der Waals surface area (Å²) in [5.41, 5.74) is 0.538. The van der Waals surface area contributed by atoms with Gasteiger partial charge in [0.25, 0.3) is 5.91 Å². The van der Waals surface area contributed by atoms with Gasteiger partial charge in [0, 0.05) is 11.0 Å². The van der Waals surface area contributed by atoms with E-state index in [9.17, 15) is 4.79 Å². The Morgan fingerprint density at radius 2 is 2.15 bits per heavy atom. The molecule has 1 aromatic carbocycles. The van der Waals surface area contributed by atoms with Gasteiger partial charge in [-0.05, 0) is 31.0 Å². The Balaban J connectivity index is 1.79. The van der Waals surface area contributed by atoms with Crippen molar-refractivity contribution in [2.45, 2.75) is 31.8 Å². The molecule has 4 nitrogen and oxygen atoms in total. The number of halogens is 1.